The summed E-state index contributed by atoms with van der Waals surface area (Å²) in [4.78, 5) is 10.1. The molecule has 0 rings (SSSR count). The van der Waals surface area contributed by atoms with Gasteiger partial charge in [-0.1, -0.05) is 0 Å². The van der Waals surface area contributed by atoms with Crippen LogP contribution in [0, 0.1) is 0 Å². The fourth-order valence-corrected chi connectivity index (χ4v) is 0.502. The third kappa shape index (κ3) is 5.33. The maximum Gasteiger partial charge on any atom is 0.406 e. The molecule has 0 radical (unpaired) electrons. The molecular weight excluding hydrogens is 134 g/mol. The topological polar surface area (TPSA) is 90.4 Å². The lowest BCUT2D eigenvalue weighted by Gasteiger charge is -2.11. The first-order valence-electron chi connectivity index (χ1n) is 3.06. The van der Waals surface area contributed by atoms with Crippen LogP contribution in [0.3, 0.4) is 0 Å². The van der Waals surface area contributed by atoms with Crippen molar-refractivity contribution in [1.82, 2.24) is 5.32 Å². The summed E-state index contributed by atoms with van der Waals surface area (Å²) >= 11 is 0. The highest BCUT2D eigenvalue weighted by molar-refractivity contribution is 5.64. The molecule has 0 aliphatic carbocycles. The summed E-state index contributed by atoms with van der Waals surface area (Å²) in [6.45, 7) is 2.79. The number of ether oxygens (including phenoxy) is 1. The maximum atomic E-state index is 10.1. The van der Waals surface area contributed by atoms with E-state index in [2.05, 4.69) is 10.1 Å². The summed E-state index contributed by atoms with van der Waals surface area (Å²) in [5, 5.41) is 2.82. The summed E-state index contributed by atoms with van der Waals surface area (Å²) in [5.41, 5.74) is 9.91. The van der Waals surface area contributed by atoms with E-state index < -0.39 is 6.09 Å². The molecule has 1 amide bonds. The molecule has 0 fully saturated rings. The van der Waals surface area contributed by atoms with Gasteiger partial charge in [0.15, 0.2) is 6.23 Å². The largest absolute Gasteiger partial charge is 0.431 e. The predicted octanol–water partition coefficient (Wildman–Crippen LogP) is -1.02. The van der Waals surface area contributed by atoms with Gasteiger partial charge in [0.2, 0.25) is 0 Å². The zero-order valence-electron chi connectivity index (χ0n) is 5.96. The lowest BCUT2D eigenvalue weighted by Crippen LogP contribution is -2.36. The van der Waals surface area contributed by atoms with Crippen LogP contribution < -0.4 is 16.8 Å². The quantitative estimate of drug-likeness (QED) is 0.444. The molecule has 5 heteroatoms. The summed E-state index contributed by atoms with van der Waals surface area (Å²) < 4.78 is 4.52. The minimum Gasteiger partial charge on any atom is -0.431 e. The highest BCUT2D eigenvalue weighted by Crippen LogP contribution is 1.82. The molecule has 0 heterocycles. The van der Waals surface area contributed by atoms with Gasteiger partial charge in [0.05, 0.1) is 0 Å². The molecule has 0 aromatic carbocycles. The van der Waals surface area contributed by atoms with Crippen LogP contribution in [0.1, 0.15) is 6.92 Å². The maximum absolute atomic E-state index is 10.1. The molecule has 60 valence electrons. The minimum absolute atomic E-state index is 0.360. The van der Waals surface area contributed by atoms with Gasteiger partial charge >= 0.3 is 6.09 Å². The van der Waals surface area contributed by atoms with Gasteiger partial charge in [-0.3, -0.25) is 5.32 Å². The number of carbonyl (C=O) groups is 1. The van der Waals surface area contributed by atoms with Crippen molar-refractivity contribution in [2.75, 3.05) is 13.1 Å². The molecule has 0 saturated carbocycles. The van der Waals surface area contributed by atoms with Crippen molar-refractivity contribution in [2.45, 2.75) is 13.2 Å². The van der Waals surface area contributed by atoms with Gasteiger partial charge in [0.25, 0.3) is 0 Å². The van der Waals surface area contributed by atoms with E-state index in [1.807, 2.05) is 0 Å². The normalized spacial score (nSPS) is 12.6. The molecule has 5 N–H and O–H groups in total. The van der Waals surface area contributed by atoms with Crippen LogP contribution in [-0.4, -0.2) is 25.4 Å². The molecule has 0 aromatic heterocycles. The first-order valence-corrected chi connectivity index (χ1v) is 3.06. The molecule has 0 aliphatic rings. The first kappa shape index (κ1) is 9.19. The molecule has 5 nitrogen and oxygen atoms in total. The van der Waals surface area contributed by atoms with Crippen molar-refractivity contribution in [3.05, 3.63) is 0 Å². The molecule has 0 spiro atoms. The summed E-state index contributed by atoms with van der Waals surface area (Å²) in [6, 6.07) is 0. The average molecular weight is 147 g/mol. The zero-order chi connectivity index (χ0) is 7.98. The number of nitrogens with one attached hydrogen (secondary N) is 1. The highest BCUT2D eigenvalue weighted by Gasteiger charge is 2.01. The van der Waals surface area contributed by atoms with E-state index in [-0.39, 0.29) is 6.23 Å². The highest BCUT2D eigenvalue weighted by atomic mass is 16.6. The number of hydrogen-bond acceptors (Lipinski definition) is 4. The van der Waals surface area contributed by atoms with Crippen molar-refractivity contribution in [3.8, 4) is 0 Å². The summed E-state index contributed by atoms with van der Waals surface area (Å²) in [6.07, 6.45) is -1.14. The molecule has 10 heavy (non-hydrogen) atoms. The van der Waals surface area contributed by atoms with Crippen LogP contribution in [0.2, 0.25) is 0 Å². The van der Waals surface area contributed by atoms with Gasteiger partial charge in [-0.25, -0.2) is 4.79 Å². The molecule has 1 atom stereocenters. The van der Waals surface area contributed by atoms with Crippen LogP contribution in [0.25, 0.3) is 0 Å². The number of amides is 1. The monoisotopic (exact) mass is 147 g/mol. The van der Waals surface area contributed by atoms with E-state index in [0.717, 1.165) is 0 Å². The predicted molar refractivity (Wildman–Crippen MR) is 37.2 cm³/mol. The van der Waals surface area contributed by atoms with Crippen molar-refractivity contribution >= 4 is 6.09 Å². The molecule has 0 bridgehead atoms. The Balaban J connectivity index is 3.25. The Bertz CT molecular complexity index is 107. The molecule has 0 aromatic rings. The van der Waals surface area contributed by atoms with Crippen molar-refractivity contribution in [1.29, 1.82) is 0 Å². The number of nitrogens with two attached hydrogens (primary N) is 2. The van der Waals surface area contributed by atoms with Gasteiger partial charge < -0.3 is 16.2 Å². The molecule has 1 unspecified atom stereocenters. The fraction of sp³-hybridized carbons (Fsp3) is 0.800. The molecule has 0 saturated heterocycles. The van der Waals surface area contributed by atoms with E-state index in [9.17, 15) is 4.79 Å². The average Bonchev–Trinajstić information content (AvgIpc) is 1.82. The zero-order valence-corrected chi connectivity index (χ0v) is 5.96. The second kappa shape index (κ2) is 5.01. The number of hydrogen-bond donors (Lipinski definition) is 3. The van der Waals surface area contributed by atoms with Gasteiger partial charge in [0.1, 0.15) is 0 Å². The second-order valence-electron chi connectivity index (χ2n) is 1.82. The van der Waals surface area contributed by atoms with Crippen molar-refractivity contribution in [2.24, 2.45) is 11.5 Å². The standard InChI is InChI=1S/C5H13N3O2/c1-4(8-3-2-6)10-5(7)9/h4,8H,2-3,6H2,1H3,(H2,7,9). The van der Waals surface area contributed by atoms with E-state index in [0.29, 0.717) is 13.1 Å². The van der Waals surface area contributed by atoms with Crippen LogP contribution in [0.5, 0.6) is 0 Å². The van der Waals surface area contributed by atoms with Crippen molar-refractivity contribution < 1.29 is 9.53 Å². The van der Waals surface area contributed by atoms with E-state index >= 15 is 0 Å². The van der Waals surface area contributed by atoms with Crippen LogP contribution in [-0.2, 0) is 4.74 Å². The van der Waals surface area contributed by atoms with Gasteiger partial charge in [-0.15, -0.1) is 0 Å². The second-order valence-corrected chi connectivity index (χ2v) is 1.82. The van der Waals surface area contributed by atoms with Crippen LogP contribution in [0.15, 0.2) is 0 Å². The van der Waals surface area contributed by atoms with Crippen molar-refractivity contribution in [3.63, 3.8) is 0 Å². The number of primary amides is 1. The number of rotatable bonds is 4. The first-order chi connectivity index (χ1) is 4.66. The minimum atomic E-state index is -0.781. The van der Waals surface area contributed by atoms with Crippen LogP contribution in [0.4, 0.5) is 4.79 Å². The Kier molecular flexibility index (Phi) is 4.61. The van der Waals surface area contributed by atoms with Crippen LogP contribution >= 0.6 is 0 Å². The van der Waals surface area contributed by atoms with Gasteiger partial charge in [-0.2, -0.15) is 0 Å². The van der Waals surface area contributed by atoms with E-state index in [4.69, 9.17) is 11.5 Å². The SMILES string of the molecule is CC(NCCN)OC(N)=O. The lowest BCUT2D eigenvalue weighted by molar-refractivity contribution is 0.0977. The van der Waals surface area contributed by atoms with Gasteiger partial charge in [0, 0.05) is 13.1 Å². The fourth-order valence-electron chi connectivity index (χ4n) is 0.502. The molecule has 0 aliphatic heterocycles. The Morgan fingerprint density at radius 2 is 2.40 bits per heavy atom. The number of carbonyl (C=O) groups excluding carboxylic acids is 1. The lowest BCUT2D eigenvalue weighted by atomic mass is 10.6. The Labute approximate surface area is 59.7 Å². The Morgan fingerprint density at radius 1 is 1.80 bits per heavy atom. The van der Waals surface area contributed by atoms with E-state index in [1.54, 1.807) is 6.92 Å². The third-order valence-electron chi connectivity index (χ3n) is 0.869. The third-order valence-corrected chi connectivity index (χ3v) is 0.869. The van der Waals surface area contributed by atoms with Gasteiger partial charge in [-0.05, 0) is 6.92 Å². The van der Waals surface area contributed by atoms with E-state index in [1.165, 1.54) is 0 Å². The smallest absolute Gasteiger partial charge is 0.406 e. The summed E-state index contributed by atoms with van der Waals surface area (Å²) in [5.74, 6) is 0. The summed E-state index contributed by atoms with van der Waals surface area (Å²) in [7, 11) is 0. The molecular formula is C5H13N3O2. The Morgan fingerprint density at radius 3 is 2.80 bits per heavy atom. The Hall–Kier alpha value is -0.810.